The molecule has 30 heavy (non-hydrogen) atoms. The minimum atomic E-state index is -0.334. The van der Waals surface area contributed by atoms with Crippen LogP contribution in [0.25, 0.3) is 0 Å². The van der Waals surface area contributed by atoms with Crippen LogP contribution in [0.5, 0.6) is 0 Å². The van der Waals surface area contributed by atoms with E-state index in [1.54, 1.807) is 42.7 Å². The minimum absolute atomic E-state index is 0.0107. The van der Waals surface area contributed by atoms with Gasteiger partial charge in [-0.3, -0.25) is 4.79 Å². The van der Waals surface area contributed by atoms with E-state index in [0.717, 1.165) is 11.3 Å². The Bertz CT molecular complexity index is 1070. The Morgan fingerprint density at radius 3 is 2.70 bits per heavy atom. The topological polar surface area (TPSA) is 78.1 Å². The number of hydrazone groups is 1. The number of hydrogen-bond donors (Lipinski definition) is 2. The highest BCUT2D eigenvalue weighted by Gasteiger charge is 2.34. The fraction of sp³-hybridized carbons (Fsp3) is 0.182. The Morgan fingerprint density at radius 2 is 2.00 bits per heavy atom. The van der Waals surface area contributed by atoms with Crippen LogP contribution in [0.1, 0.15) is 29.3 Å². The number of hydrogen-bond acceptors (Lipinski definition) is 5. The van der Waals surface area contributed by atoms with E-state index in [9.17, 15) is 9.90 Å². The Labute approximate surface area is 183 Å². The molecule has 2 aromatic carbocycles. The lowest BCUT2D eigenvalue weighted by Crippen LogP contribution is -2.32. The van der Waals surface area contributed by atoms with Crippen LogP contribution in [0.2, 0.25) is 10.0 Å². The number of benzene rings is 2. The molecular weight excluding hydrogens is 425 g/mol. The molecular formula is C22H19Cl2N3O3. The van der Waals surface area contributed by atoms with E-state index in [0.29, 0.717) is 33.5 Å². The van der Waals surface area contributed by atoms with Crippen LogP contribution < -0.4 is 5.32 Å². The predicted molar refractivity (Wildman–Crippen MR) is 117 cm³/mol. The van der Waals surface area contributed by atoms with Gasteiger partial charge in [0.05, 0.1) is 35.8 Å². The van der Waals surface area contributed by atoms with Gasteiger partial charge in [0.2, 0.25) is 0 Å². The van der Waals surface area contributed by atoms with Crippen molar-refractivity contribution in [1.82, 2.24) is 5.01 Å². The average molecular weight is 444 g/mol. The maximum Gasteiger partial charge on any atom is 0.262 e. The Hall–Kier alpha value is -2.80. The number of carbonyl (C=O) groups excluding carboxylic acids is 1. The third kappa shape index (κ3) is 4.36. The summed E-state index contributed by atoms with van der Waals surface area (Å²) < 4.78 is 5.56. The minimum Gasteiger partial charge on any atom is -0.467 e. The smallest absolute Gasteiger partial charge is 0.262 e. The monoisotopic (exact) mass is 443 g/mol. The second-order valence-corrected chi connectivity index (χ2v) is 7.70. The standard InChI is InChI=1S/C22H19Cl2N3O3/c23-16-6-4-15(5-7-16)18-11-20(21-2-1-9-30-21)27(26-18)22(29)12-25-19-10-14(13-28)3-8-17(19)24/h1-10,20,25,28H,11-13H2. The number of halogens is 2. The summed E-state index contributed by atoms with van der Waals surface area (Å²) in [7, 11) is 0. The summed E-state index contributed by atoms with van der Waals surface area (Å²) in [6.45, 7) is -0.121. The van der Waals surface area contributed by atoms with E-state index in [1.165, 1.54) is 5.01 Å². The Balaban J connectivity index is 1.55. The molecule has 4 rings (SSSR count). The molecule has 1 aliphatic rings. The Morgan fingerprint density at radius 1 is 1.20 bits per heavy atom. The van der Waals surface area contributed by atoms with Gasteiger partial charge in [0.1, 0.15) is 11.8 Å². The number of nitrogens with zero attached hydrogens (tertiary/aromatic N) is 2. The van der Waals surface area contributed by atoms with E-state index in [4.69, 9.17) is 27.6 Å². The van der Waals surface area contributed by atoms with Crippen molar-refractivity contribution in [3.8, 4) is 0 Å². The molecule has 1 amide bonds. The summed E-state index contributed by atoms with van der Waals surface area (Å²) in [5.74, 6) is 0.433. The fourth-order valence-electron chi connectivity index (χ4n) is 3.32. The quantitative estimate of drug-likeness (QED) is 0.569. The molecule has 0 saturated carbocycles. The number of amides is 1. The van der Waals surface area contributed by atoms with Gasteiger partial charge in [-0.2, -0.15) is 5.10 Å². The highest BCUT2D eigenvalue weighted by molar-refractivity contribution is 6.33. The van der Waals surface area contributed by atoms with Crippen LogP contribution in [-0.2, 0) is 11.4 Å². The first-order chi connectivity index (χ1) is 14.5. The third-order valence-corrected chi connectivity index (χ3v) is 5.44. The molecule has 1 atom stereocenters. The van der Waals surface area contributed by atoms with E-state index in [-0.39, 0.29) is 25.1 Å². The predicted octanol–water partition coefficient (Wildman–Crippen LogP) is 4.87. The SMILES string of the molecule is O=C(CNc1cc(CO)ccc1Cl)N1N=C(c2ccc(Cl)cc2)CC1c1ccco1. The highest BCUT2D eigenvalue weighted by atomic mass is 35.5. The van der Waals surface area contributed by atoms with Crippen molar-refractivity contribution in [2.45, 2.75) is 19.1 Å². The summed E-state index contributed by atoms with van der Waals surface area (Å²) in [5, 5.41) is 19.5. The van der Waals surface area contributed by atoms with Crippen molar-refractivity contribution in [3.63, 3.8) is 0 Å². The molecule has 1 aliphatic heterocycles. The Kier molecular flexibility index (Phi) is 6.08. The molecule has 8 heteroatoms. The number of anilines is 1. The number of aliphatic hydroxyl groups is 1. The van der Waals surface area contributed by atoms with Gasteiger partial charge in [-0.05, 0) is 47.5 Å². The molecule has 2 heterocycles. The maximum atomic E-state index is 13.0. The van der Waals surface area contributed by atoms with Crippen LogP contribution in [-0.4, -0.2) is 28.3 Å². The molecule has 0 aliphatic carbocycles. The number of nitrogens with one attached hydrogen (secondary N) is 1. The first kappa shape index (κ1) is 20.5. The summed E-state index contributed by atoms with van der Waals surface area (Å²) in [4.78, 5) is 13.0. The number of furan rings is 1. The lowest BCUT2D eigenvalue weighted by molar-refractivity contribution is -0.131. The van der Waals surface area contributed by atoms with Crippen LogP contribution in [0.4, 0.5) is 5.69 Å². The molecule has 3 aromatic rings. The van der Waals surface area contributed by atoms with Gasteiger partial charge in [-0.25, -0.2) is 5.01 Å². The second-order valence-electron chi connectivity index (χ2n) is 6.85. The third-order valence-electron chi connectivity index (χ3n) is 4.86. The van der Waals surface area contributed by atoms with Gasteiger partial charge >= 0.3 is 0 Å². The fourth-order valence-corrected chi connectivity index (χ4v) is 3.63. The van der Waals surface area contributed by atoms with E-state index in [2.05, 4.69) is 10.4 Å². The molecule has 0 saturated heterocycles. The lowest BCUT2D eigenvalue weighted by atomic mass is 10.0. The zero-order valence-electron chi connectivity index (χ0n) is 15.9. The van der Waals surface area contributed by atoms with E-state index < -0.39 is 0 Å². The summed E-state index contributed by atoms with van der Waals surface area (Å²) in [6, 6.07) is 15.8. The van der Waals surface area contributed by atoms with Crippen molar-refractivity contribution in [3.05, 3.63) is 87.8 Å². The van der Waals surface area contributed by atoms with Gasteiger partial charge in [0, 0.05) is 11.4 Å². The summed E-state index contributed by atoms with van der Waals surface area (Å²) >= 11 is 12.2. The van der Waals surface area contributed by atoms with Crippen molar-refractivity contribution < 1.29 is 14.3 Å². The van der Waals surface area contributed by atoms with Gasteiger partial charge < -0.3 is 14.8 Å². The zero-order valence-corrected chi connectivity index (χ0v) is 17.4. The maximum absolute atomic E-state index is 13.0. The molecule has 1 unspecified atom stereocenters. The van der Waals surface area contributed by atoms with Gasteiger partial charge in [0.25, 0.3) is 5.91 Å². The van der Waals surface area contributed by atoms with Crippen LogP contribution in [0, 0.1) is 0 Å². The first-order valence-corrected chi connectivity index (χ1v) is 10.1. The largest absolute Gasteiger partial charge is 0.467 e. The first-order valence-electron chi connectivity index (χ1n) is 9.37. The average Bonchev–Trinajstić information content (AvgIpc) is 3.43. The van der Waals surface area contributed by atoms with Crippen molar-refractivity contribution in [2.24, 2.45) is 5.10 Å². The summed E-state index contributed by atoms with van der Waals surface area (Å²) in [6.07, 6.45) is 2.11. The molecule has 0 fully saturated rings. The zero-order chi connectivity index (χ0) is 21.1. The molecule has 154 valence electrons. The highest BCUT2D eigenvalue weighted by Crippen LogP contribution is 2.33. The lowest BCUT2D eigenvalue weighted by Gasteiger charge is -2.20. The van der Waals surface area contributed by atoms with Crippen molar-refractivity contribution >= 4 is 40.5 Å². The number of rotatable bonds is 6. The van der Waals surface area contributed by atoms with Crippen LogP contribution in [0.15, 0.2) is 70.4 Å². The van der Waals surface area contributed by atoms with Crippen LogP contribution in [0.3, 0.4) is 0 Å². The second kappa shape index (κ2) is 8.92. The van der Waals surface area contributed by atoms with Gasteiger partial charge in [-0.1, -0.05) is 41.4 Å². The summed E-state index contributed by atoms with van der Waals surface area (Å²) in [5.41, 5.74) is 2.96. The van der Waals surface area contributed by atoms with Crippen molar-refractivity contribution in [1.29, 1.82) is 0 Å². The molecule has 2 N–H and O–H groups in total. The van der Waals surface area contributed by atoms with Gasteiger partial charge in [0.15, 0.2) is 0 Å². The van der Waals surface area contributed by atoms with Crippen LogP contribution >= 0.6 is 23.2 Å². The normalized spacial score (nSPS) is 15.9. The van der Waals surface area contributed by atoms with E-state index in [1.807, 2.05) is 18.2 Å². The number of carbonyl (C=O) groups is 1. The molecule has 1 aromatic heterocycles. The molecule has 0 spiro atoms. The molecule has 0 radical (unpaired) electrons. The van der Waals surface area contributed by atoms with Crippen molar-refractivity contribution in [2.75, 3.05) is 11.9 Å². The van der Waals surface area contributed by atoms with E-state index >= 15 is 0 Å². The molecule has 0 bridgehead atoms. The number of aliphatic hydroxyl groups excluding tert-OH is 1. The van der Waals surface area contributed by atoms with Gasteiger partial charge in [-0.15, -0.1) is 0 Å². The molecule has 6 nitrogen and oxygen atoms in total.